The fourth-order valence-corrected chi connectivity index (χ4v) is 5.87. The Morgan fingerprint density at radius 1 is 1.31 bits per heavy atom. The van der Waals surface area contributed by atoms with E-state index in [9.17, 15) is 14.3 Å². The first-order valence-electron chi connectivity index (χ1n) is 14.1. The minimum Gasteiger partial charge on any atom is -0.492 e. The second-order valence-corrected chi connectivity index (χ2v) is 11.7. The molecule has 0 aliphatic carbocycles. The number of likely N-dealkylation sites (tertiary alicyclic amines) is 1. The van der Waals surface area contributed by atoms with Crippen molar-refractivity contribution in [1.29, 1.82) is 0 Å². The lowest BCUT2D eigenvalue weighted by Gasteiger charge is -2.38. The Morgan fingerprint density at radius 2 is 2.15 bits per heavy atom. The Hall–Kier alpha value is -2.78. The van der Waals surface area contributed by atoms with Gasteiger partial charge in [-0.1, -0.05) is 19.4 Å². The molecule has 4 heterocycles. The SMILES string of the molecule is CC1(COc2ccc(F)cc2[C@H](C(=O)O)N2CC[C@@H](C(F)CCCCc3ccc4c(n3)NCCC4)C2)COC1. The monoisotopic (exact) mass is 543 g/mol. The Morgan fingerprint density at radius 3 is 2.92 bits per heavy atom. The van der Waals surface area contributed by atoms with Crippen LogP contribution in [0.15, 0.2) is 30.3 Å². The van der Waals surface area contributed by atoms with Crippen molar-refractivity contribution in [3.05, 3.63) is 53.0 Å². The molecule has 1 aromatic heterocycles. The number of hydrogen-bond acceptors (Lipinski definition) is 6. The highest BCUT2D eigenvalue weighted by Crippen LogP contribution is 2.37. The standard InChI is InChI=1S/C30H39F2N3O4/c1-30(17-38-18-30)19-39-26-11-9-22(31)15-24(26)27(29(36)37)35-14-12-21(16-35)25(32)7-3-2-6-23-10-8-20-5-4-13-33-28(20)34-23/h8-11,15,21,25,27H,2-7,12-14,16-19H2,1H3,(H,33,34)(H,36,37)/t21-,25?,27-/m1/s1. The molecular formula is C30H39F2N3O4. The Labute approximate surface area is 228 Å². The van der Waals surface area contributed by atoms with E-state index in [4.69, 9.17) is 14.5 Å². The van der Waals surface area contributed by atoms with Crippen molar-refractivity contribution in [3.63, 3.8) is 0 Å². The molecule has 1 unspecified atom stereocenters. The summed E-state index contributed by atoms with van der Waals surface area (Å²) in [5, 5.41) is 13.5. The summed E-state index contributed by atoms with van der Waals surface area (Å²) in [6.07, 6.45) is 4.60. The second-order valence-electron chi connectivity index (χ2n) is 11.7. The molecule has 2 N–H and O–H groups in total. The fourth-order valence-electron chi connectivity index (χ4n) is 5.87. The summed E-state index contributed by atoms with van der Waals surface area (Å²) in [4.78, 5) is 18.9. The minimum atomic E-state index is -1.10. The van der Waals surface area contributed by atoms with Crippen molar-refractivity contribution in [2.24, 2.45) is 11.3 Å². The predicted molar refractivity (Wildman–Crippen MR) is 144 cm³/mol. The number of carbonyl (C=O) groups is 1. The molecule has 3 aliphatic rings. The molecule has 212 valence electrons. The lowest BCUT2D eigenvalue weighted by Crippen LogP contribution is -2.44. The zero-order chi connectivity index (χ0) is 27.4. The van der Waals surface area contributed by atoms with E-state index in [1.165, 1.54) is 23.8 Å². The lowest BCUT2D eigenvalue weighted by atomic mass is 9.90. The van der Waals surface area contributed by atoms with Gasteiger partial charge in [-0.3, -0.25) is 9.69 Å². The highest BCUT2D eigenvalue weighted by molar-refractivity contribution is 5.77. The summed E-state index contributed by atoms with van der Waals surface area (Å²) in [6, 6.07) is 7.12. The number of aromatic nitrogens is 1. The molecule has 2 fully saturated rings. The van der Waals surface area contributed by atoms with E-state index in [0.717, 1.165) is 50.2 Å². The molecule has 3 atom stereocenters. The van der Waals surface area contributed by atoms with Crippen LogP contribution in [0.3, 0.4) is 0 Å². The molecule has 39 heavy (non-hydrogen) atoms. The van der Waals surface area contributed by atoms with E-state index in [1.807, 2.05) is 6.92 Å². The number of carboxylic acids is 1. The summed E-state index contributed by atoms with van der Waals surface area (Å²) in [5.74, 6) is -0.527. The maximum Gasteiger partial charge on any atom is 0.325 e. The number of halogens is 2. The lowest BCUT2D eigenvalue weighted by molar-refractivity contribution is -0.143. The van der Waals surface area contributed by atoms with Gasteiger partial charge in [0.1, 0.15) is 29.6 Å². The first-order chi connectivity index (χ1) is 18.8. The number of rotatable bonds is 12. The van der Waals surface area contributed by atoms with Crippen molar-refractivity contribution < 1.29 is 28.2 Å². The van der Waals surface area contributed by atoms with Gasteiger partial charge >= 0.3 is 5.97 Å². The van der Waals surface area contributed by atoms with Gasteiger partial charge in [-0.2, -0.15) is 0 Å². The highest BCUT2D eigenvalue weighted by Gasteiger charge is 2.39. The van der Waals surface area contributed by atoms with Gasteiger partial charge < -0.3 is 19.9 Å². The number of pyridine rings is 1. The van der Waals surface area contributed by atoms with Gasteiger partial charge in [0.25, 0.3) is 0 Å². The summed E-state index contributed by atoms with van der Waals surface area (Å²) in [6.45, 7) is 5.23. The molecule has 0 bridgehead atoms. The van der Waals surface area contributed by atoms with Gasteiger partial charge in [-0.25, -0.2) is 13.8 Å². The van der Waals surface area contributed by atoms with Gasteiger partial charge in [-0.15, -0.1) is 0 Å². The number of alkyl halides is 1. The van der Waals surface area contributed by atoms with E-state index in [2.05, 4.69) is 17.4 Å². The number of nitrogens with zero attached hydrogens (tertiary/aromatic N) is 2. The van der Waals surface area contributed by atoms with Crippen molar-refractivity contribution in [3.8, 4) is 5.75 Å². The first kappa shape index (κ1) is 27.8. The van der Waals surface area contributed by atoms with Crippen molar-refractivity contribution >= 4 is 11.8 Å². The van der Waals surface area contributed by atoms with Crippen LogP contribution in [0.5, 0.6) is 5.75 Å². The van der Waals surface area contributed by atoms with Gasteiger partial charge in [0.2, 0.25) is 0 Å². The molecule has 0 spiro atoms. The Bertz CT molecular complexity index is 1160. The highest BCUT2D eigenvalue weighted by atomic mass is 19.1. The smallest absolute Gasteiger partial charge is 0.325 e. The van der Waals surface area contributed by atoms with Gasteiger partial charge in [0.05, 0.1) is 19.8 Å². The van der Waals surface area contributed by atoms with E-state index in [-0.39, 0.29) is 16.9 Å². The maximum atomic E-state index is 15.2. The number of anilines is 1. The number of ether oxygens (including phenoxy) is 2. The molecule has 2 saturated heterocycles. The molecule has 9 heteroatoms. The van der Waals surface area contributed by atoms with Crippen LogP contribution in [-0.2, 0) is 22.4 Å². The van der Waals surface area contributed by atoms with Crippen LogP contribution < -0.4 is 10.1 Å². The average Bonchev–Trinajstić information content (AvgIpc) is 3.39. The first-order valence-corrected chi connectivity index (χ1v) is 14.1. The molecular weight excluding hydrogens is 504 g/mol. The van der Waals surface area contributed by atoms with Gasteiger partial charge in [0, 0.05) is 35.7 Å². The number of nitrogens with one attached hydrogen (secondary N) is 1. The Balaban J connectivity index is 1.15. The van der Waals surface area contributed by atoms with Crippen LogP contribution in [0.25, 0.3) is 0 Å². The van der Waals surface area contributed by atoms with Crippen molar-refractivity contribution in [2.75, 3.05) is 44.8 Å². The number of benzene rings is 1. The van der Waals surface area contributed by atoms with Crippen LogP contribution in [0.2, 0.25) is 0 Å². The van der Waals surface area contributed by atoms with E-state index >= 15 is 4.39 Å². The number of carboxylic acid groups (broad SMARTS) is 1. The number of hydrogen-bond donors (Lipinski definition) is 2. The average molecular weight is 544 g/mol. The molecule has 2 aromatic rings. The molecule has 0 saturated carbocycles. The zero-order valence-corrected chi connectivity index (χ0v) is 22.6. The van der Waals surface area contributed by atoms with Gasteiger partial charge in [-0.05, 0) is 74.9 Å². The molecule has 0 amide bonds. The summed E-state index contributed by atoms with van der Waals surface area (Å²) in [7, 11) is 0. The van der Waals surface area contributed by atoms with Crippen LogP contribution in [0, 0.1) is 17.2 Å². The summed E-state index contributed by atoms with van der Waals surface area (Å²) >= 11 is 0. The number of unbranched alkanes of at least 4 members (excludes halogenated alkanes) is 1. The van der Waals surface area contributed by atoms with E-state index in [0.29, 0.717) is 51.5 Å². The molecule has 5 rings (SSSR count). The predicted octanol–water partition coefficient (Wildman–Crippen LogP) is 5.19. The van der Waals surface area contributed by atoms with Crippen LogP contribution in [0.4, 0.5) is 14.6 Å². The third kappa shape index (κ3) is 6.69. The van der Waals surface area contributed by atoms with Crippen molar-refractivity contribution in [1.82, 2.24) is 9.88 Å². The van der Waals surface area contributed by atoms with Crippen LogP contribution in [-0.4, -0.2) is 66.6 Å². The fraction of sp³-hybridized carbons (Fsp3) is 0.600. The second kappa shape index (κ2) is 12.2. The van der Waals surface area contributed by atoms with E-state index in [1.54, 1.807) is 4.90 Å². The third-order valence-corrected chi connectivity index (χ3v) is 8.22. The van der Waals surface area contributed by atoms with E-state index < -0.39 is 24.0 Å². The van der Waals surface area contributed by atoms with Crippen molar-refractivity contribution in [2.45, 2.75) is 64.1 Å². The maximum absolute atomic E-state index is 15.2. The molecule has 1 aromatic carbocycles. The summed E-state index contributed by atoms with van der Waals surface area (Å²) < 4.78 is 40.7. The molecule has 3 aliphatic heterocycles. The van der Waals surface area contributed by atoms with Crippen LogP contribution in [0.1, 0.15) is 61.9 Å². The number of aliphatic carboxylic acids is 1. The topological polar surface area (TPSA) is 83.9 Å². The van der Waals surface area contributed by atoms with Gasteiger partial charge in [0.15, 0.2) is 0 Å². The zero-order valence-electron chi connectivity index (χ0n) is 22.6. The van der Waals surface area contributed by atoms with Crippen LogP contribution >= 0.6 is 0 Å². The minimum absolute atomic E-state index is 0.141. The normalized spacial score (nSPS) is 21.9. The third-order valence-electron chi connectivity index (χ3n) is 8.22. The number of aryl methyl sites for hydroxylation is 2. The Kier molecular flexibility index (Phi) is 8.67. The number of fused-ring (bicyclic) bond motifs is 1. The quantitative estimate of drug-likeness (QED) is 0.357. The largest absolute Gasteiger partial charge is 0.492 e. The molecule has 7 nitrogen and oxygen atoms in total. The molecule has 0 radical (unpaired) electrons. The summed E-state index contributed by atoms with van der Waals surface area (Å²) in [5.41, 5.74) is 2.42.